The fourth-order valence-corrected chi connectivity index (χ4v) is 0.786. The minimum atomic E-state index is -1.33. The molecule has 0 saturated carbocycles. The van der Waals surface area contributed by atoms with Crippen LogP contribution in [-0.2, 0) is 4.43 Å². The van der Waals surface area contributed by atoms with Crippen LogP contribution in [0.5, 0.6) is 0 Å². The van der Waals surface area contributed by atoms with E-state index in [1.807, 2.05) is 0 Å². The van der Waals surface area contributed by atoms with Gasteiger partial charge in [-0.25, -0.2) is 0 Å². The molecule has 0 aromatic carbocycles. The summed E-state index contributed by atoms with van der Waals surface area (Å²) >= 11 is 0. The van der Waals surface area contributed by atoms with Crippen LogP contribution in [0.3, 0.4) is 0 Å². The van der Waals surface area contributed by atoms with Gasteiger partial charge in [-0.15, -0.1) is 0 Å². The summed E-state index contributed by atoms with van der Waals surface area (Å²) in [5.74, 6) is 0. The summed E-state index contributed by atoms with van der Waals surface area (Å²) in [6.07, 6.45) is 5.22. The highest BCUT2D eigenvalue weighted by Crippen LogP contribution is 2.01. The standard InChI is InChI=1S/C7H14OSi/c1-5-6-7-8-9(2,3)4/h5-7H,1H2,2-4H3/b7-6-. The Balaban J connectivity index is 3.50. The van der Waals surface area contributed by atoms with E-state index in [1.54, 1.807) is 18.4 Å². The second kappa shape index (κ2) is 3.51. The SMILES string of the molecule is C=C/C=C\O[Si](C)(C)C. The van der Waals surface area contributed by atoms with E-state index in [4.69, 9.17) is 4.43 Å². The van der Waals surface area contributed by atoms with E-state index in [0.717, 1.165) is 0 Å². The van der Waals surface area contributed by atoms with E-state index in [1.165, 1.54) is 0 Å². The molecular formula is C7H14OSi. The van der Waals surface area contributed by atoms with Crippen molar-refractivity contribution >= 4 is 8.32 Å². The zero-order valence-electron chi connectivity index (χ0n) is 6.35. The van der Waals surface area contributed by atoms with Crippen LogP contribution < -0.4 is 0 Å². The van der Waals surface area contributed by atoms with E-state index >= 15 is 0 Å². The topological polar surface area (TPSA) is 9.23 Å². The van der Waals surface area contributed by atoms with Gasteiger partial charge in [-0.2, -0.15) is 0 Å². The van der Waals surface area contributed by atoms with Crippen LogP contribution in [-0.4, -0.2) is 8.32 Å². The van der Waals surface area contributed by atoms with Gasteiger partial charge in [0, 0.05) is 0 Å². The Labute approximate surface area is 58.2 Å². The predicted molar refractivity (Wildman–Crippen MR) is 43.8 cm³/mol. The van der Waals surface area contributed by atoms with Gasteiger partial charge < -0.3 is 4.43 Å². The smallest absolute Gasteiger partial charge is 0.241 e. The molecule has 1 nitrogen and oxygen atoms in total. The Morgan fingerprint density at radius 1 is 1.33 bits per heavy atom. The van der Waals surface area contributed by atoms with Crippen LogP contribution in [0, 0.1) is 0 Å². The van der Waals surface area contributed by atoms with Crippen molar-refractivity contribution in [1.82, 2.24) is 0 Å². The summed E-state index contributed by atoms with van der Waals surface area (Å²) in [6.45, 7) is 9.95. The van der Waals surface area contributed by atoms with Gasteiger partial charge in [0.1, 0.15) is 0 Å². The van der Waals surface area contributed by atoms with Gasteiger partial charge >= 0.3 is 0 Å². The summed E-state index contributed by atoms with van der Waals surface area (Å²) in [5.41, 5.74) is 0. The molecule has 2 heteroatoms. The lowest BCUT2D eigenvalue weighted by Crippen LogP contribution is -2.21. The molecule has 0 bridgehead atoms. The zero-order chi connectivity index (χ0) is 7.33. The minimum absolute atomic E-state index is 1.33. The van der Waals surface area contributed by atoms with Gasteiger partial charge in [-0.1, -0.05) is 12.7 Å². The Bertz CT molecular complexity index is 111. The lowest BCUT2D eigenvalue weighted by Gasteiger charge is -2.13. The third-order valence-electron chi connectivity index (χ3n) is 0.636. The summed E-state index contributed by atoms with van der Waals surface area (Å²) in [6, 6.07) is 0. The molecule has 0 rings (SSSR count). The summed E-state index contributed by atoms with van der Waals surface area (Å²) < 4.78 is 5.36. The monoisotopic (exact) mass is 142 g/mol. The van der Waals surface area contributed by atoms with Crippen molar-refractivity contribution < 1.29 is 4.43 Å². The second-order valence-corrected chi connectivity index (χ2v) is 7.25. The fraction of sp³-hybridized carbons (Fsp3) is 0.429. The number of hydrogen-bond donors (Lipinski definition) is 0. The normalized spacial score (nSPS) is 11.9. The number of rotatable bonds is 3. The Kier molecular flexibility index (Phi) is 3.31. The van der Waals surface area contributed by atoms with Crippen molar-refractivity contribution in [3.8, 4) is 0 Å². The molecule has 0 unspecified atom stereocenters. The quantitative estimate of drug-likeness (QED) is 0.334. The molecule has 0 spiro atoms. The minimum Gasteiger partial charge on any atom is -0.550 e. The summed E-state index contributed by atoms with van der Waals surface area (Å²) in [4.78, 5) is 0. The van der Waals surface area contributed by atoms with Crippen molar-refractivity contribution in [1.29, 1.82) is 0 Å². The molecule has 0 aromatic rings. The second-order valence-electron chi connectivity index (χ2n) is 2.79. The van der Waals surface area contributed by atoms with Crippen molar-refractivity contribution in [2.75, 3.05) is 0 Å². The largest absolute Gasteiger partial charge is 0.550 e. The molecule has 0 saturated heterocycles. The van der Waals surface area contributed by atoms with Crippen molar-refractivity contribution in [3.63, 3.8) is 0 Å². The molecule has 0 aliphatic rings. The molecule has 0 aliphatic heterocycles. The van der Waals surface area contributed by atoms with Crippen LogP contribution in [0.2, 0.25) is 19.6 Å². The highest BCUT2D eigenvalue weighted by Gasteiger charge is 2.12. The van der Waals surface area contributed by atoms with Crippen LogP contribution in [0.1, 0.15) is 0 Å². The summed E-state index contributed by atoms with van der Waals surface area (Å²) in [5, 5.41) is 0. The first-order valence-electron chi connectivity index (χ1n) is 3.01. The Hall–Kier alpha value is -0.503. The molecule has 0 radical (unpaired) electrons. The van der Waals surface area contributed by atoms with Crippen LogP contribution >= 0.6 is 0 Å². The molecule has 0 atom stereocenters. The van der Waals surface area contributed by atoms with E-state index in [-0.39, 0.29) is 0 Å². The van der Waals surface area contributed by atoms with Gasteiger partial charge in [-0.05, 0) is 25.7 Å². The average Bonchev–Trinajstić information content (AvgIpc) is 1.63. The lowest BCUT2D eigenvalue weighted by atomic mass is 10.6. The van der Waals surface area contributed by atoms with Gasteiger partial charge in [0.05, 0.1) is 6.26 Å². The van der Waals surface area contributed by atoms with Gasteiger partial charge in [-0.3, -0.25) is 0 Å². The zero-order valence-corrected chi connectivity index (χ0v) is 7.35. The summed E-state index contributed by atoms with van der Waals surface area (Å²) in [7, 11) is -1.33. The predicted octanol–water partition coefficient (Wildman–Crippen LogP) is 2.54. The first-order chi connectivity index (χ1) is 4.06. The molecule has 0 N–H and O–H groups in total. The Morgan fingerprint density at radius 2 is 1.89 bits per heavy atom. The third kappa shape index (κ3) is 7.50. The van der Waals surface area contributed by atoms with Crippen molar-refractivity contribution in [3.05, 3.63) is 25.0 Å². The number of allylic oxidation sites excluding steroid dienone is 2. The molecule has 0 amide bonds. The highest BCUT2D eigenvalue weighted by molar-refractivity contribution is 6.69. The van der Waals surface area contributed by atoms with Gasteiger partial charge in [0.25, 0.3) is 0 Å². The Morgan fingerprint density at radius 3 is 2.22 bits per heavy atom. The van der Waals surface area contributed by atoms with Crippen molar-refractivity contribution in [2.45, 2.75) is 19.6 Å². The van der Waals surface area contributed by atoms with Crippen molar-refractivity contribution in [2.24, 2.45) is 0 Å². The maximum absolute atomic E-state index is 5.36. The molecule has 0 aliphatic carbocycles. The first-order valence-corrected chi connectivity index (χ1v) is 6.42. The van der Waals surface area contributed by atoms with Crippen LogP contribution in [0.15, 0.2) is 25.0 Å². The lowest BCUT2D eigenvalue weighted by molar-refractivity contribution is 0.480. The van der Waals surface area contributed by atoms with Gasteiger partial charge in [0.15, 0.2) is 0 Å². The fourth-order valence-electron chi connectivity index (χ4n) is 0.299. The van der Waals surface area contributed by atoms with E-state index in [2.05, 4.69) is 26.2 Å². The van der Waals surface area contributed by atoms with Crippen LogP contribution in [0.4, 0.5) is 0 Å². The highest BCUT2D eigenvalue weighted by atomic mass is 28.4. The third-order valence-corrected chi connectivity index (χ3v) is 1.48. The molecule has 9 heavy (non-hydrogen) atoms. The molecular weight excluding hydrogens is 128 g/mol. The first kappa shape index (κ1) is 8.50. The number of hydrogen-bond acceptors (Lipinski definition) is 1. The molecule has 52 valence electrons. The maximum atomic E-state index is 5.36. The van der Waals surface area contributed by atoms with Crippen LogP contribution in [0.25, 0.3) is 0 Å². The van der Waals surface area contributed by atoms with E-state index < -0.39 is 8.32 Å². The maximum Gasteiger partial charge on any atom is 0.241 e. The molecule has 0 heterocycles. The van der Waals surface area contributed by atoms with E-state index in [0.29, 0.717) is 0 Å². The molecule has 0 fully saturated rings. The average molecular weight is 142 g/mol. The molecule has 0 aromatic heterocycles. The van der Waals surface area contributed by atoms with Gasteiger partial charge in [0.2, 0.25) is 8.32 Å². The van der Waals surface area contributed by atoms with E-state index in [9.17, 15) is 0 Å².